The first-order valence-corrected chi connectivity index (χ1v) is 9.73. The summed E-state index contributed by atoms with van der Waals surface area (Å²) in [5, 5.41) is 6.69. The molecule has 0 spiro atoms. The lowest BCUT2D eigenvalue weighted by atomic mass is 9.54. The van der Waals surface area contributed by atoms with Gasteiger partial charge in [-0.25, -0.2) is 4.98 Å². The molecule has 0 radical (unpaired) electrons. The minimum absolute atomic E-state index is 0.0359. The van der Waals surface area contributed by atoms with E-state index in [1.165, 1.54) is 32.1 Å². The van der Waals surface area contributed by atoms with Gasteiger partial charge >= 0.3 is 0 Å². The van der Waals surface area contributed by atoms with Gasteiger partial charge in [0, 0.05) is 18.5 Å². The number of hydrogen-bond acceptors (Lipinski definition) is 4. The van der Waals surface area contributed by atoms with Crippen LogP contribution in [0.4, 0.5) is 0 Å². The van der Waals surface area contributed by atoms with Crippen molar-refractivity contribution in [3.05, 3.63) is 17.8 Å². The fraction of sp³-hybridized carbons (Fsp3) is 0.789. The molecule has 1 aromatic heterocycles. The second kappa shape index (κ2) is 5.87. The van der Waals surface area contributed by atoms with E-state index in [1.54, 1.807) is 6.26 Å². The van der Waals surface area contributed by atoms with E-state index in [9.17, 15) is 4.79 Å². The summed E-state index contributed by atoms with van der Waals surface area (Å²) in [5.74, 6) is 4.24. The molecule has 1 aliphatic heterocycles. The highest BCUT2D eigenvalue weighted by Gasteiger charge is 2.48. The third-order valence-corrected chi connectivity index (χ3v) is 6.93. The molecule has 24 heavy (non-hydrogen) atoms. The first kappa shape index (κ1) is 14.9. The maximum atomic E-state index is 12.7. The molecule has 5 nitrogen and oxygen atoms in total. The predicted octanol–water partition coefficient (Wildman–Crippen LogP) is 2.70. The monoisotopic (exact) mass is 329 g/mol. The molecule has 1 unspecified atom stereocenters. The molecule has 5 aliphatic rings. The van der Waals surface area contributed by atoms with Crippen LogP contribution in [0.2, 0.25) is 0 Å². The number of rotatable bonds is 3. The fourth-order valence-corrected chi connectivity index (χ4v) is 6.03. The Kier molecular flexibility index (Phi) is 3.65. The topological polar surface area (TPSA) is 67.2 Å². The SMILES string of the molecule is O=C(NC1C2CC3CC(C2)CC1C3)c1coc(C2CCCNC2)n1. The Bertz CT molecular complexity index is 592. The summed E-state index contributed by atoms with van der Waals surface area (Å²) >= 11 is 0. The first-order valence-electron chi connectivity index (χ1n) is 9.73. The van der Waals surface area contributed by atoms with Gasteiger partial charge in [0.05, 0.1) is 0 Å². The highest BCUT2D eigenvalue weighted by atomic mass is 16.3. The maximum absolute atomic E-state index is 12.7. The van der Waals surface area contributed by atoms with Crippen LogP contribution >= 0.6 is 0 Å². The zero-order valence-electron chi connectivity index (χ0n) is 14.2. The van der Waals surface area contributed by atoms with E-state index in [-0.39, 0.29) is 5.91 Å². The van der Waals surface area contributed by atoms with E-state index in [0.717, 1.165) is 43.7 Å². The lowest BCUT2D eigenvalue weighted by Crippen LogP contribution is -2.55. The summed E-state index contributed by atoms with van der Waals surface area (Å²) in [6.07, 6.45) is 10.5. The van der Waals surface area contributed by atoms with Crippen molar-refractivity contribution >= 4 is 5.91 Å². The summed E-state index contributed by atoms with van der Waals surface area (Å²) in [7, 11) is 0. The number of carbonyl (C=O) groups excluding carboxylic acids is 1. The number of amides is 1. The van der Waals surface area contributed by atoms with Crippen molar-refractivity contribution in [1.29, 1.82) is 0 Å². The molecule has 1 amide bonds. The molecule has 1 atom stereocenters. The van der Waals surface area contributed by atoms with E-state index in [0.29, 0.717) is 29.5 Å². The van der Waals surface area contributed by atoms with E-state index < -0.39 is 0 Å². The van der Waals surface area contributed by atoms with E-state index in [1.807, 2.05) is 0 Å². The molecule has 6 rings (SSSR count). The second-order valence-corrected chi connectivity index (χ2v) is 8.54. The molecule has 1 aromatic rings. The van der Waals surface area contributed by atoms with Gasteiger partial charge in [-0.15, -0.1) is 0 Å². The van der Waals surface area contributed by atoms with Gasteiger partial charge < -0.3 is 15.1 Å². The highest BCUT2D eigenvalue weighted by Crippen LogP contribution is 2.53. The van der Waals surface area contributed by atoms with Crippen LogP contribution in [-0.4, -0.2) is 30.0 Å². The molecule has 2 N–H and O–H groups in total. The zero-order chi connectivity index (χ0) is 16.1. The Morgan fingerprint density at radius 3 is 2.58 bits per heavy atom. The van der Waals surface area contributed by atoms with Gasteiger partial charge in [0.15, 0.2) is 11.6 Å². The van der Waals surface area contributed by atoms with Crippen molar-refractivity contribution in [1.82, 2.24) is 15.6 Å². The van der Waals surface area contributed by atoms with Gasteiger partial charge in [-0.1, -0.05) is 0 Å². The van der Waals surface area contributed by atoms with Crippen LogP contribution in [0.15, 0.2) is 10.7 Å². The van der Waals surface area contributed by atoms with Crippen LogP contribution in [0.25, 0.3) is 0 Å². The van der Waals surface area contributed by atoms with Crippen molar-refractivity contribution in [3.63, 3.8) is 0 Å². The number of piperidine rings is 1. The second-order valence-electron chi connectivity index (χ2n) is 8.54. The third-order valence-electron chi connectivity index (χ3n) is 6.93. The number of carbonyl (C=O) groups is 1. The van der Waals surface area contributed by atoms with Crippen LogP contribution in [0.3, 0.4) is 0 Å². The number of aromatic nitrogens is 1. The molecule has 5 heteroatoms. The third kappa shape index (κ3) is 2.57. The number of nitrogens with zero attached hydrogens (tertiary/aromatic N) is 1. The quantitative estimate of drug-likeness (QED) is 0.895. The molecule has 5 fully saturated rings. The highest BCUT2D eigenvalue weighted by molar-refractivity contribution is 5.92. The average molecular weight is 329 g/mol. The normalized spacial score (nSPS) is 40.7. The van der Waals surface area contributed by atoms with Crippen LogP contribution < -0.4 is 10.6 Å². The van der Waals surface area contributed by atoms with Gasteiger partial charge in [-0.2, -0.15) is 0 Å². The molecule has 4 aliphatic carbocycles. The Morgan fingerprint density at radius 2 is 1.92 bits per heavy atom. The van der Waals surface area contributed by atoms with E-state index >= 15 is 0 Å². The standard InChI is InChI=1S/C19H27N3O2/c23-18(16-10-24-19(21-16)13-2-1-3-20-9-13)22-17-14-5-11-4-12(7-14)8-15(17)6-11/h10-15,17,20H,1-9H2,(H,22,23). The van der Waals surface area contributed by atoms with Crippen molar-refractivity contribution in [3.8, 4) is 0 Å². The van der Waals surface area contributed by atoms with E-state index in [4.69, 9.17) is 4.42 Å². The van der Waals surface area contributed by atoms with Crippen LogP contribution in [0, 0.1) is 23.7 Å². The van der Waals surface area contributed by atoms with Crippen LogP contribution in [0.5, 0.6) is 0 Å². The molecule has 1 saturated heterocycles. The minimum Gasteiger partial charge on any atom is -0.448 e. The van der Waals surface area contributed by atoms with Gasteiger partial charge in [0.25, 0.3) is 5.91 Å². The van der Waals surface area contributed by atoms with Gasteiger partial charge in [-0.05, 0) is 75.2 Å². The van der Waals surface area contributed by atoms with Crippen molar-refractivity contribution in [2.45, 2.75) is 56.9 Å². The fourth-order valence-electron chi connectivity index (χ4n) is 6.03. The van der Waals surface area contributed by atoms with Crippen LogP contribution in [0.1, 0.15) is 67.2 Å². The van der Waals surface area contributed by atoms with E-state index in [2.05, 4.69) is 15.6 Å². The lowest BCUT2D eigenvalue weighted by molar-refractivity contribution is -0.0120. The first-order chi connectivity index (χ1) is 11.8. The summed E-state index contributed by atoms with van der Waals surface area (Å²) in [6, 6.07) is 0.363. The van der Waals surface area contributed by atoms with Crippen LogP contribution in [-0.2, 0) is 0 Å². The summed E-state index contributed by atoms with van der Waals surface area (Å²) in [4.78, 5) is 17.2. The molecule has 4 saturated carbocycles. The Hall–Kier alpha value is -1.36. The largest absolute Gasteiger partial charge is 0.448 e. The Morgan fingerprint density at radius 1 is 1.17 bits per heavy atom. The number of hydrogen-bond donors (Lipinski definition) is 2. The molecular formula is C19H27N3O2. The Balaban J connectivity index is 1.26. The molecular weight excluding hydrogens is 302 g/mol. The summed E-state index contributed by atoms with van der Waals surface area (Å²) in [5.41, 5.74) is 0.462. The minimum atomic E-state index is -0.0359. The molecule has 0 aromatic carbocycles. The maximum Gasteiger partial charge on any atom is 0.273 e. The molecule has 2 heterocycles. The van der Waals surface area contributed by atoms with Gasteiger partial charge in [0.1, 0.15) is 6.26 Å². The van der Waals surface area contributed by atoms with Gasteiger partial charge in [-0.3, -0.25) is 4.79 Å². The lowest BCUT2D eigenvalue weighted by Gasteiger charge is -2.54. The Labute approximate surface area is 143 Å². The summed E-state index contributed by atoms with van der Waals surface area (Å²) < 4.78 is 5.62. The van der Waals surface area contributed by atoms with Crippen molar-refractivity contribution < 1.29 is 9.21 Å². The smallest absolute Gasteiger partial charge is 0.273 e. The van der Waals surface area contributed by atoms with Gasteiger partial charge in [0.2, 0.25) is 0 Å². The molecule has 130 valence electrons. The molecule has 4 bridgehead atoms. The number of nitrogens with one attached hydrogen (secondary N) is 2. The van der Waals surface area contributed by atoms with Crippen molar-refractivity contribution in [2.75, 3.05) is 13.1 Å². The zero-order valence-corrected chi connectivity index (χ0v) is 14.2. The number of oxazole rings is 1. The average Bonchev–Trinajstić information content (AvgIpc) is 3.08. The summed E-state index contributed by atoms with van der Waals surface area (Å²) in [6.45, 7) is 1.97. The predicted molar refractivity (Wildman–Crippen MR) is 89.6 cm³/mol. The van der Waals surface area contributed by atoms with Crippen molar-refractivity contribution in [2.24, 2.45) is 23.7 Å².